The number of hydrogen-bond donors (Lipinski definition) is 2. The minimum Gasteiger partial charge on any atom is -0.481 e. The van der Waals surface area contributed by atoms with E-state index in [9.17, 15) is 9.59 Å². The smallest absolute Gasteiger partial charge is 0.308 e. The van der Waals surface area contributed by atoms with Crippen molar-refractivity contribution in [3.63, 3.8) is 0 Å². The Labute approximate surface area is 137 Å². The summed E-state index contributed by atoms with van der Waals surface area (Å²) in [5, 5.41) is 12.4. The van der Waals surface area contributed by atoms with E-state index in [0.717, 1.165) is 6.42 Å². The first kappa shape index (κ1) is 17.0. The summed E-state index contributed by atoms with van der Waals surface area (Å²) in [4.78, 5) is 36.4. The number of rotatable bonds is 7. The molecular weight excluding hydrogens is 316 g/mol. The van der Waals surface area contributed by atoms with Crippen molar-refractivity contribution in [3.05, 3.63) is 29.0 Å². The van der Waals surface area contributed by atoms with Crippen molar-refractivity contribution in [2.45, 2.75) is 26.7 Å². The fourth-order valence-corrected chi connectivity index (χ4v) is 3.00. The molecule has 7 nitrogen and oxygen atoms in total. The van der Waals surface area contributed by atoms with Gasteiger partial charge in [0.05, 0.1) is 11.6 Å². The van der Waals surface area contributed by atoms with Crippen LogP contribution in [0.4, 0.5) is 0 Å². The van der Waals surface area contributed by atoms with Crippen LogP contribution in [-0.2, 0) is 4.79 Å². The van der Waals surface area contributed by atoms with E-state index in [0.29, 0.717) is 27.8 Å². The molecule has 2 aromatic rings. The Morgan fingerprint density at radius 3 is 2.65 bits per heavy atom. The minimum atomic E-state index is -0.897. The topological polar surface area (TPSA) is 105 Å². The largest absolute Gasteiger partial charge is 0.481 e. The normalized spacial score (nSPS) is 11.9. The molecule has 2 N–H and O–H groups in total. The third-order valence-corrected chi connectivity index (χ3v) is 4.41. The van der Waals surface area contributed by atoms with Crippen molar-refractivity contribution < 1.29 is 14.7 Å². The van der Waals surface area contributed by atoms with Crippen LogP contribution in [0.25, 0.3) is 10.8 Å². The van der Waals surface area contributed by atoms with Gasteiger partial charge in [0.15, 0.2) is 10.8 Å². The molecule has 0 aromatic carbocycles. The van der Waals surface area contributed by atoms with Crippen molar-refractivity contribution >= 4 is 23.2 Å². The predicted molar refractivity (Wildman–Crippen MR) is 86.2 cm³/mol. The second-order valence-electron chi connectivity index (χ2n) is 5.04. The summed E-state index contributed by atoms with van der Waals surface area (Å²) in [6.07, 6.45) is 4.50. The van der Waals surface area contributed by atoms with E-state index in [-0.39, 0.29) is 12.5 Å². The van der Waals surface area contributed by atoms with Gasteiger partial charge < -0.3 is 10.4 Å². The van der Waals surface area contributed by atoms with E-state index in [1.54, 1.807) is 25.4 Å². The molecule has 0 bridgehead atoms. The third kappa shape index (κ3) is 4.32. The van der Waals surface area contributed by atoms with E-state index in [1.165, 1.54) is 11.3 Å². The highest BCUT2D eigenvalue weighted by Gasteiger charge is 2.21. The van der Waals surface area contributed by atoms with Gasteiger partial charge in [0.1, 0.15) is 4.88 Å². The maximum Gasteiger partial charge on any atom is 0.308 e. The number of amides is 1. The second kappa shape index (κ2) is 7.77. The van der Waals surface area contributed by atoms with Crippen LogP contribution < -0.4 is 5.32 Å². The van der Waals surface area contributed by atoms with Crippen LogP contribution in [0.15, 0.2) is 18.5 Å². The van der Waals surface area contributed by atoms with Crippen LogP contribution in [0.2, 0.25) is 0 Å². The van der Waals surface area contributed by atoms with Crippen molar-refractivity contribution in [3.8, 4) is 10.8 Å². The average Bonchev–Trinajstić information content (AvgIpc) is 2.93. The zero-order valence-electron chi connectivity index (χ0n) is 12.9. The summed E-state index contributed by atoms with van der Waals surface area (Å²) in [6.45, 7) is 3.76. The first-order valence-electron chi connectivity index (χ1n) is 7.28. The summed E-state index contributed by atoms with van der Waals surface area (Å²) in [5.41, 5.74) is 0.581. The van der Waals surface area contributed by atoms with E-state index in [1.807, 2.05) is 6.92 Å². The van der Waals surface area contributed by atoms with Crippen molar-refractivity contribution in [2.24, 2.45) is 5.92 Å². The fourth-order valence-electron chi connectivity index (χ4n) is 2.07. The molecule has 2 aromatic heterocycles. The Morgan fingerprint density at radius 2 is 2.04 bits per heavy atom. The number of nitrogens with zero attached hydrogens (tertiary/aromatic N) is 3. The van der Waals surface area contributed by atoms with Crippen molar-refractivity contribution in [2.75, 3.05) is 6.54 Å². The van der Waals surface area contributed by atoms with Gasteiger partial charge >= 0.3 is 5.97 Å². The minimum absolute atomic E-state index is 0.108. The number of hydrogen-bond acceptors (Lipinski definition) is 6. The lowest BCUT2D eigenvalue weighted by Crippen LogP contribution is -2.32. The molecule has 1 amide bonds. The first-order chi connectivity index (χ1) is 11.0. The molecule has 0 aliphatic carbocycles. The molecule has 2 rings (SSSR count). The van der Waals surface area contributed by atoms with Crippen LogP contribution in [0.5, 0.6) is 0 Å². The summed E-state index contributed by atoms with van der Waals surface area (Å²) >= 11 is 1.20. The second-order valence-corrected chi connectivity index (χ2v) is 6.04. The summed E-state index contributed by atoms with van der Waals surface area (Å²) in [6, 6.07) is 1.71. The Balaban J connectivity index is 2.08. The number of carboxylic acids is 1. The predicted octanol–water partition coefficient (Wildman–Crippen LogP) is 2.14. The van der Waals surface area contributed by atoms with Gasteiger partial charge in [0.25, 0.3) is 5.91 Å². The van der Waals surface area contributed by atoms with E-state index >= 15 is 0 Å². The van der Waals surface area contributed by atoms with Gasteiger partial charge in [0.2, 0.25) is 0 Å². The lowest BCUT2D eigenvalue weighted by molar-refractivity contribution is -0.141. The zero-order chi connectivity index (χ0) is 16.8. The molecule has 0 fully saturated rings. The molecule has 8 heteroatoms. The third-order valence-electron chi connectivity index (χ3n) is 3.26. The van der Waals surface area contributed by atoms with Gasteiger partial charge in [-0.2, -0.15) is 0 Å². The Kier molecular flexibility index (Phi) is 5.75. The summed E-state index contributed by atoms with van der Waals surface area (Å²) in [7, 11) is 0. The van der Waals surface area contributed by atoms with Crippen LogP contribution in [-0.4, -0.2) is 38.5 Å². The number of carbonyl (C=O) groups excluding carboxylic acids is 1. The van der Waals surface area contributed by atoms with Gasteiger partial charge in [-0.15, -0.1) is 11.3 Å². The van der Waals surface area contributed by atoms with Gasteiger partial charge in [0, 0.05) is 18.9 Å². The molecular formula is C15H18N4O3S. The van der Waals surface area contributed by atoms with Gasteiger partial charge in [-0.25, -0.2) is 15.0 Å². The van der Waals surface area contributed by atoms with Gasteiger partial charge in [-0.3, -0.25) is 9.59 Å². The van der Waals surface area contributed by atoms with Crippen molar-refractivity contribution in [1.29, 1.82) is 0 Å². The molecule has 0 spiro atoms. The lowest BCUT2D eigenvalue weighted by Gasteiger charge is -2.11. The van der Waals surface area contributed by atoms with Gasteiger partial charge in [-0.1, -0.05) is 13.3 Å². The maximum absolute atomic E-state index is 12.3. The number of aliphatic carboxylic acids is 1. The highest BCUT2D eigenvalue weighted by Crippen LogP contribution is 2.25. The SMILES string of the molecule is CCCC(CNC(=O)c1sc(-c2ncccn2)nc1C)C(=O)O. The van der Waals surface area contributed by atoms with Crippen LogP contribution in [0.3, 0.4) is 0 Å². The monoisotopic (exact) mass is 334 g/mol. The standard InChI is InChI=1S/C15H18N4O3S/c1-3-5-10(15(21)22)8-18-13(20)11-9(2)19-14(23-11)12-16-6-4-7-17-12/h4,6-7,10H,3,5,8H2,1-2H3,(H,18,20)(H,21,22). The molecule has 0 aliphatic heterocycles. The van der Waals surface area contributed by atoms with E-state index in [4.69, 9.17) is 5.11 Å². The number of aromatic nitrogens is 3. The molecule has 0 saturated heterocycles. The molecule has 0 saturated carbocycles. The summed E-state index contributed by atoms with van der Waals surface area (Å²) < 4.78 is 0. The molecule has 23 heavy (non-hydrogen) atoms. The molecule has 1 unspecified atom stereocenters. The van der Waals surface area contributed by atoms with Crippen LogP contribution in [0, 0.1) is 12.8 Å². The molecule has 122 valence electrons. The molecule has 2 heterocycles. The van der Waals surface area contributed by atoms with E-state index < -0.39 is 11.9 Å². The van der Waals surface area contributed by atoms with Gasteiger partial charge in [-0.05, 0) is 19.4 Å². The Morgan fingerprint density at radius 1 is 1.35 bits per heavy atom. The Bertz CT molecular complexity index is 687. The van der Waals surface area contributed by atoms with E-state index in [2.05, 4.69) is 20.3 Å². The number of nitrogens with one attached hydrogen (secondary N) is 1. The quantitative estimate of drug-likeness (QED) is 0.803. The lowest BCUT2D eigenvalue weighted by atomic mass is 10.0. The number of thiazole rings is 1. The zero-order valence-corrected chi connectivity index (χ0v) is 13.8. The van der Waals surface area contributed by atoms with Crippen LogP contribution in [0.1, 0.15) is 35.1 Å². The number of carbonyl (C=O) groups is 2. The highest BCUT2D eigenvalue weighted by atomic mass is 32.1. The van der Waals surface area contributed by atoms with Crippen LogP contribution >= 0.6 is 11.3 Å². The Hall–Kier alpha value is -2.35. The molecule has 0 radical (unpaired) electrons. The fraction of sp³-hybridized carbons (Fsp3) is 0.400. The maximum atomic E-state index is 12.3. The molecule has 1 atom stereocenters. The number of aryl methyl sites for hydroxylation is 1. The molecule has 0 aliphatic rings. The summed E-state index contributed by atoms with van der Waals surface area (Å²) in [5.74, 6) is -1.32. The van der Waals surface area contributed by atoms with Crippen molar-refractivity contribution in [1.82, 2.24) is 20.3 Å². The first-order valence-corrected chi connectivity index (χ1v) is 8.10. The highest BCUT2D eigenvalue weighted by molar-refractivity contribution is 7.17. The average molecular weight is 334 g/mol. The number of carboxylic acid groups (broad SMARTS) is 1.